The van der Waals surface area contributed by atoms with E-state index in [9.17, 15) is 4.79 Å². The van der Waals surface area contributed by atoms with E-state index in [1.54, 1.807) is 4.68 Å². The quantitative estimate of drug-likeness (QED) is 0.659. The highest BCUT2D eigenvalue weighted by atomic mass is 16.5. The van der Waals surface area contributed by atoms with Crippen LogP contribution in [-0.2, 0) is 6.54 Å². The summed E-state index contributed by atoms with van der Waals surface area (Å²) in [5.74, 6) is 1.06. The summed E-state index contributed by atoms with van der Waals surface area (Å²) in [4.78, 5) is 10.7. The van der Waals surface area contributed by atoms with Gasteiger partial charge in [-0.05, 0) is 6.92 Å². The topological polar surface area (TPSA) is 53.4 Å². The van der Waals surface area contributed by atoms with Crippen molar-refractivity contribution in [1.29, 1.82) is 0 Å². The van der Waals surface area contributed by atoms with Crippen LogP contribution in [0.25, 0.3) is 0 Å². The largest absolute Gasteiger partial charge is 0.486 e. The molecule has 0 saturated heterocycles. The van der Waals surface area contributed by atoms with E-state index in [1.165, 1.54) is 0 Å². The third kappa shape index (κ3) is 1.34. The zero-order valence-corrected chi connectivity index (χ0v) is 8.02. The highest BCUT2D eigenvalue weighted by molar-refractivity contribution is 5.78. The molecule has 0 atom stereocenters. The van der Waals surface area contributed by atoms with E-state index in [2.05, 4.69) is 5.10 Å². The number of aromatic nitrogens is 2. The molecule has 5 heteroatoms. The number of carbonyl (C=O) groups is 1. The SMILES string of the molecule is CCn1nc(C=O)c2c1OCCCO2. The Morgan fingerprint density at radius 1 is 1.50 bits per heavy atom. The van der Waals surface area contributed by atoms with Crippen LogP contribution >= 0.6 is 0 Å². The molecule has 76 valence electrons. The third-order valence-corrected chi connectivity index (χ3v) is 2.07. The fraction of sp³-hybridized carbons (Fsp3) is 0.556. The van der Waals surface area contributed by atoms with Crippen LogP contribution in [0.2, 0.25) is 0 Å². The number of hydrogen-bond acceptors (Lipinski definition) is 4. The van der Waals surface area contributed by atoms with Crippen LogP contribution in [0.3, 0.4) is 0 Å². The predicted molar refractivity (Wildman–Crippen MR) is 48.9 cm³/mol. The zero-order chi connectivity index (χ0) is 9.97. The van der Waals surface area contributed by atoms with Crippen LogP contribution in [0.1, 0.15) is 23.8 Å². The molecular weight excluding hydrogens is 184 g/mol. The first-order valence-corrected chi connectivity index (χ1v) is 4.68. The number of nitrogens with zero attached hydrogens (tertiary/aromatic N) is 2. The van der Waals surface area contributed by atoms with Gasteiger partial charge in [-0.2, -0.15) is 5.10 Å². The summed E-state index contributed by atoms with van der Waals surface area (Å²) < 4.78 is 12.5. The summed E-state index contributed by atoms with van der Waals surface area (Å²) >= 11 is 0. The van der Waals surface area contributed by atoms with Crippen LogP contribution in [0, 0.1) is 0 Å². The van der Waals surface area contributed by atoms with Crippen molar-refractivity contribution in [3.8, 4) is 11.6 Å². The molecule has 1 aliphatic rings. The van der Waals surface area contributed by atoms with Crippen molar-refractivity contribution in [2.75, 3.05) is 13.2 Å². The second-order valence-corrected chi connectivity index (χ2v) is 3.00. The van der Waals surface area contributed by atoms with Crippen molar-refractivity contribution < 1.29 is 14.3 Å². The maximum Gasteiger partial charge on any atom is 0.256 e. The van der Waals surface area contributed by atoms with Crippen molar-refractivity contribution in [2.45, 2.75) is 19.9 Å². The van der Waals surface area contributed by atoms with E-state index in [-0.39, 0.29) is 0 Å². The first-order valence-electron chi connectivity index (χ1n) is 4.68. The summed E-state index contributed by atoms with van der Waals surface area (Å²) in [5.41, 5.74) is 0.323. The van der Waals surface area contributed by atoms with Gasteiger partial charge in [-0.25, -0.2) is 4.68 Å². The number of aryl methyl sites for hydroxylation is 1. The van der Waals surface area contributed by atoms with Crippen molar-refractivity contribution in [2.24, 2.45) is 0 Å². The third-order valence-electron chi connectivity index (χ3n) is 2.07. The van der Waals surface area contributed by atoms with E-state index in [1.807, 2.05) is 6.92 Å². The Hall–Kier alpha value is -1.52. The van der Waals surface area contributed by atoms with E-state index < -0.39 is 0 Å². The van der Waals surface area contributed by atoms with Crippen molar-refractivity contribution >= 4 is 6.29 Å². The highest BCUT2D eigenvalue weighted by Gasteiger charge is 2.21. The summed E-state index contributed by atoms with van der Waals surface area (Å²) in [6.07, 6.45) is 1.52. The summed E-state index contributed by atoms with van der Waals surface area (Å²) in [6.45, 7) is 3.79. The molecule has 5 nitrogen and oxygen atoms in total. The molecule has 0 spiro atoms. The molecule has 0 aromatic carbocycles. The fourth-order valence-electron chi connectivity index (χ4n) is 1.42. The minimum Gasteiger partial charge on any atom is -0.486 e. The molecule has 0 aliphatic carbocycles. The van der Waals surface area contributed by atoms with Gasteiger partial charge in [-0.1, -0.05) is 0 Å². The molecule has 14 heavy (non-hydrogen) atoms. The van der Waals surface area contributed by atoms with Gasteiger partial charge in [0.05, 0.1) is 13.2 Å². The van der Waals surface area contributed by atoms with E-state index in [0.717, 1.165) is 6.42 Å². The maximum absolute atomic E-state index is 10.7. The molecular formula is C9H12N2O3. The second kappa shape index (κ2) is 3.69. The lowest BCUT2D eigenvalue weighted by molar-refractivity contribution is 0.111. The van der Waals surface area contributed by atoms with Gasteiger partial charge in [0.25, 0.3) is 5.88 Å². The van der Waals surface area contributed by atoms with Crippen LogP contribution in [-0.4, -0.2) is 29.3 Å². The molecule has 2 heterocycles. The van der Waals surface area contributed by atoms with Gasteiger partial charge in [-0.15, -0.1) is 0 Å². The minimum absolute atomic E-state index is 0.323. The highest BCUT2D eigenvalue weighted by Crippen LogP contribution is 2.32. The lowest BCUT2D eigenvalue weighted by Crippen LogP contribution is -2.04. The van der Waals surface area contributed by atoms with Gasteiger partial charge < -0.3 is 9.47 Å². The van der Waals surface area contributed by atoms with Crippen LogP contribution in [0.15, 0.2) is 0 Å². The zero-order valence-electron chi connectivity index (χ0n) is 8.02. The van der Waals surface area contributed by atoms with Crippen molar-refractivity contribution in [1.82, 2.24) is 9.78 Å². The van der Waals surface area contributed by atoms with Crippen LogP contribution < -0.4 is 9.47 Å². The second-order valence-electron chi connectivity index (χ2n) is 3.00. The molecule has 0 N–H and O–H groups in total. The van der Waals surface area contributed by atoms with Gasteiger partial charge in [-0.3, -0.25) is 4.79 Å². The first-order chi connectivity index (χ1) is 6.86. The Kier molecular flexibility index (Phi) is 2.39. The normalized spacial score (nSPS) is 14.9. The van der Waals surface area contributed by atoms with Crippen LogP contribution in [0.4, 0.5) is 0 Å². The van der Waals surface area contributed by atoms with Gasteiger partial charge in [0.1, 0.15) is 0 Å². The molecule has 2 rings (SSSR count). The number of aldehydes is 1. The Labute approximate surface area is 81.6 Å². The number of carbonyl (C=O) groups excluding carboxylic acids is 1. The van der Waals surface area contributed by atoms with Crippen molar-refractivity contribution in [3.05, 3.63) is 5.69 Å². The standard InChI is InChI=1S/C9H12N2O3/c1-2-11-9-8(7(6-12)10-11)13-4-3-5-14-9/h6H,2-5H2,1H3. The Balaban J connectivity index is 2.46. The fourth-order valence-corrected chi connectivity index (χ4v) is 1.42. The Morgan fingerprint density at radius 2 is 2.29 bits per heavy atom. The summed E-state index contributed by atoms with van der Waals surface area (Å²) in [5, 5.41) is 4.07. The molecule has 1 aliphatic heterocycles. The average molecular weight is 196 g/mol. The van der Waals surface area contributed by atoms with E-state index in [0.29, 0.717) is 43.4 Å². The Bertz CT molecular complexity index is 346. The molecule has 0 bridgehead atoms. The molecule has 1 aromatic rings. The van der Waals surface area contributed by atoms with Gasteiger partial charge in [0, 0.05) is 13.0 Å². The van der Waals surface area contributed by atoms with Gasteiger partial charge in [0.2, 0.25) is 5.75 Å². The number of rotatable bonds is 2. The summed E-state index contributed by atoms with van der Waals surface area (Å²) in [7, 11) is 0. The van der Waals surface area contributed by atoms with Crippen molar-refractivity contribution in [3.63, 3.8) is 0 Å². The lowest BCUT2D eigenvalue weighted by atomic mass is 10.4. The summed E-state index contributed by atoms with van der Waals surface area (Å²) in [6, 6.07) is 0. The van der Waals surface area contributed by atoms with Gasteiger partial charge >= 0.3 is 0 Å². The smallest absolute Gasteiger partial charge is 0.256 e. The average Bonchev–Trinajstić information content (AvgIpc) is 2.39. The van der Waals surface area contributed by atoms with E-state index >= 15 is 0 Å². The predicted octanol–water partition coefficient (Wildman–Crippen LogP) is 0.877. The van der Waals surface area contributed by atoms with Gasteiger partial charge in [0.15, 0.2) is 12.0 Å². The van der Waals surface area contributed by atoms with E-state index in [4.69, 9.17) is 9.47 Å². The monoisotopic (exact) mass is 196 g/mol. The maximum atomic E-state index is 10.7. The minimum atomic E-state index is 0.323. The number of fused-ring (bicyclic) bond motifs is 1. The lowest BCUT2D eigenvalue weighted by Gasteiger charge is -2.04. The molecule has 1 aromatic heterocycles. The number of ether oxygens (including phenoxy) is 2. The molecule has 0 unspecified atom stereocenters. The Morgan fingerprint density at radius 3 is 3.00 bits per heavy atom. The molecule has 0 saturated carbocycles. The van der Waals surface area contributed by atoms with Crippen LogP contribution in [0.5, 0.6) is 11.6 Å². The molecule has 0 amide bonds. The first kappa shape index (κ1) is 9.05. The molecule has 0 radical (unpaired) electrons. The molecule has 0 fully saturated rings. The number of hydrogen-bond donors (Lipinski definition) is 0.